The zero-order valence-corrected chi connectivity index (χ0v) is 22.5. The van der Waals surface area contributed by atoms with Gasteiger partial charge in [-0.25, -0.2) is 19.3 Å². The van der Waals surface area contributed by atoms with E-state index in [1.54, 1.807) is 24.8 Å². The minimum Gasteiger partial charge on any atom is -0.335 e. The number of fused-ring (bicyclic) bond motifs is 2. The molecular weight excluding hydrogens is 507 g/mol. The number of halogens is 1. The number of hydrogen-bond acceptors (Lipinski definition) is 6. The monoisotopic (exact) mass is 534 g/mol. The number of carbonyl (C=O) groups is 1. The highest BCUT2D eigenvalue weighted by Gasteiger charge is 2.18. The number of imidazole rings is 1. The van der Waals surface area contributed by atoms with E-state index in [2.05, 4.69) is 35.5 Å². The van der Waals surface area contributed by atoms with Gasteiger partial charge in [-0.1, -0.05) is 26.8 Å². The lowest BCUT2D eigenvalue weighted by Crippen LogP contribution is -2.19. The quantitative estimate of drug-likeness (QED) is 0.233. The number of H-pyrrole nitrogens is 2. The summed E-state index contributed by atoms with van der Waals surface area (Å²) in [5.74, 6) is 0.166. The molecule has 3 N–H and O–H groups in total. The van der Waals surface area contributed by atoms with Crippen LogP contribution in [0.15, 0.2) is 61.2 Å². The Labute approximate surface area is 229 Å². The second-order valence-electron chi connectivity index (χ2n) is 11.1. The smallest absolute Gasteiger partial charge is 0.224 e. The van der Waals surface area contributed by atoms with Crippen LogP contribution >= 0.6 is 0 Å². The van der Waals surface area contributed by atoms with E-state index in [0.717, 1.165) is 33.2 Å². The number of nitrogens with one attached hydrogen (secondary N) is 3. The van der Waals surface area contributed by atoms with Gasteiger partial charge in [0.15, 0.2) is 17.1 Å². The molecule has 0 spiro atoms. The highest BCUT2D eigenvalue weighted by atomic mass is 19.1. The third-order valence-corrected chi connectivity index (χ3v) is 6.44. The van der Waals surface area contributed by atoms with Crippen molar-refractivity contribution in [3.8, 4) is 33.8 Å². The molecule has 6 rings (SSSR count). The van der Waals surface area contributed by atoms with Gasteiger partial charge in [0.05, 0.1) is 22.8 Å². The first-order valence-corrected chi connectivity index (χ1v) is 12.8. The Balaban J connectivity index is 1.37. The second-order valence-corrected chi connectivity index (χ2v) is 11.1. The summed E-state index contributed by atoms with van der Waals surface area (Å²) in [7, 11) is 0. The van der Waals surface area contributed by atoms with Crippen molar-refractivity contribution in [2.75, 3.05) is 5.32 Å². The van der Waals surface area contributed by atoms with Crippen LogP contribution in [0.2, 0.25) is 0 Å². The summed E-state index contributed by atoms with van der Waals surface area (Å²) >= 11 is 0. The van der Waals surface area contributed by atoms with Gasteiger partial charge in [-0.2, -0.15) is 5.10 Å². The maximum absolute atomic E-state index is 14.2. The molecule has 0 unspecified atom stereocenters. The largest absolute Gasteiger partial charge is 0.335 e. The van der Waals surface area contributed by atoms with E-state index in [-0.39, 0.29) is 17.1 Å². The lowest BCUT2D eigenvalue weighted by atomic mass is 9.92. The summed E-state index contributed by atoms with van der Waals surface area (Å²) in [5.41, 5.74) is 6.82. The normalized spacial score (nSPS) is 11.8. The summed E-state index contributed by atoms with van der Waals surface area (Å²) in [5, 5.41) is 11.1. The van der Waals surface area contributed by atoms with Crippen molar-refractivity contribution in [1.29, 1.82) is 0 Å². The highest BCUT2D eigenvalue weighted by molar-refractivity contribution is 5.96. The number of carbonyl (C=O) groups excluding carboxylic acids is 1. The first-order valence-electron chi connectivity index (χ1n) is 12.8. The Kier molecular flexibility index (Phi) is 6.10. The number of nitrogens with zero attached hydrogens (tertiary/aromatic N) is 5. The minimum atomic E-state index is -0.301. The van der Waals surface area contributed by atoms with Crippen LogP contribution in [-0.4, -0.2) is 41.0 Å². The molecule has 1 amide bonds. The molecule has 0 atom stereocenters. The molecule has 5 heterocycles. The van der Waals surface area contributed by atoms with Crippen molar-refractivity contribution in [3.63, 3.8) is 0 Å². The summed E-state index contributed by atoms with van der Waals surface area (Å²) in [6, 6.07) is 10.6. The van der Waals surface area contributed by atoms with Crippen LogP contribution in [0.1, 0.15) is 32.8 Å². The Hall–Kier alpha value is -4.99. The molecule has 5 aromatic heterocycles. The third kappa shape index (κ3) is 5.03. The van der Waals surface area contributed by atoms with E-state index in [9.17, 15) is 9.18 Å². The standard InChI is InChI=1S/C30H27FN8O/c1-16-7-17(9-20(31)8-16)22-5-6-33-28-25(22)36-29(37-28)26-23-11-19(14-34-27(23)39-38-26)18-10-21(15-32-13-18)35-24(40)12-30(2,3)4/h5-11,13-15H,12H2,1-4H3,(H,35,40)(H,33,36,37)(H,34,38,39). The van der Waals surface area contributed by atoms with E-state index in [0.29, 0.717) is 40.4 Å². The molecule has 0 aliphatic carbocycles. The fourth-order valence-corrected chi connectivity index (χ4v) is 4.75. The van der Waals surface area contributed by atoms with Crippen LogP contribution in [0.25, 0.3) is 56.0 Å². The van der Waals surface area contributed by atoms with Gasteiger partial charge in [0.1, 0.15) is 11.5 Å². The highest BCUT2D eigenvalue weighted by Crippen LogP contribution is 2.32. The first-order chi connectivity index (χ1) is 19.1. The maximum atomic E-state index is 14.2. The molecule has 10 heteroatoms. The Morgan fingerprint density at radius 2 is 1.80 bits per heavy atom. The zero-order chi connectivity index (χ0) is 28.0. The number of pyridine rings is 3. The second kappa shape index (κ2) is 9.64. The predicted molar refractivity (Wildman–Crippen MR) is 153 cm³/mol. The Morgan fingerprint density at radius 3 is 2.60 bits per heavy atom. The molecule has 0 fully saturated rings. The summed E-state index contributed by atoms with van der Waals surface area (Å²) in [6.45, 7) is 7.92. The van der Waals surface area contributed by atoms with Crippen molar-refractivity contribution >= 4 is 33.8 Å². The van der Waals surface area contributed by atoms with E-state index in [1.807, 2.05) is 52.0 Å². The van der Waals surface area contributed by atoms with E-state index >= 15 is 0 Å². The predicted octanol–water partition coefficient (Wildman–Crippen LogP) is 6.45. The summed E-state index contributed by atoms with van der Waals surface area (Å²) in [6.07, 6.45) is 7.12. The fraction of sp³-hybridized carbons (Fsp3) is 0.200. The average Bonchev–Trinajstić information content (AvgIpc) is 3.50. The molecule has 0 radical (unpaired) electrons. The van der Waals surface area contributed by atoms with Gasteiger partial charge in [-0.15, -0.1) is 0 Å². The van der Waals surface area contributed by atoms with Gasteiger partial charge in [-0.05, 0) is 53.8 Å². The van der Waals surface area contributed by atoms with Crippen molar-refractivity contribution in [2.45, 2.75) is 34.1 Å². The lowest BCUT2D eigenvalue weighted by molar-refractivity contribution is -0.117. The van der Waals surface area contributed by atoms with Crippen molar-refractivity contribution < 1.29 is 9.18 Å². The Morgan fingerprint density at radius 1 is 0.975 bits per heavy atom. The van der Waals surface area contributed by atoms with Crippen molar-refractivity contribution in [2.24, 2.45) is 5.41 Å². The number of anilines is 1. The van der Waals surface area contributed by atoms with Crippen LogP contribution in [0, 0.1) is 18.2 Å². The van der Waals surface area contributed by atoms with Crippen LogP contribution in [0.4, 0.5) is 10.1 Å². The molecule has 0 aliphatic rings. The molecule has 1 aromatic carbocycles. The number of amides is 1. The van der Waals surface area contributed by atoms with E-state index in [4.69, 9.17) is 4.98 Å². The van der Waals surface area contributed by atoms with Gasteiger partial charge in [0, 0.05) is 41.7 Å². The topological polar surface area (TPSA) is 125 Å². The number of aryl methyl sites for hydroxylation is 1. The average molecular weight is 535 g/mol. The molecule has 9 nitrogen and oxygen atoms in total. The minimum absolute atomic E-state index is 0.0663. The van der Waals surface area contributed by atoms with Crippen LogP contribution in [0.5, 0.6) is 0 Å². The molecule has 0 saturated heterocycles. The molecule has 200 valence electrons. The van der Waals surface area contributed by atoms with E-state index in [1.165, 1.54) is 12.1 Å². The third-order valence-electron chi connectivity index (χ3n) is 6.44. The number of aromatic nitrogens is 7. The van der Waals surface area contributed by atoms with Gasteiger partial charge in [-0.3, -0.25) is 14.9 Å². The van der Waals surface area contributed by atoms with Crippen LogP contribution in [0.3, 0.4) is 0 Å². The van der Waals surface area contributed by atoms with Gasteiger partial charge in [0.2, 0.25) is 5.91 Å². The summed E-state index contributed by atoms with van der Waals surface area (Å²) < 4.78 is 14.2. The number of aromatic amines is 2. The molecule has 0 bridgehead atoms. The van der Waals surface area contributed by atoms with Gasteiger partial charge in [0.25, 0.3) is 0 Å². The molecular formula is C30H27FN8O. The zero-order valence-electron chi connectivity index (χ0n) is 22.5. The van der Waals surface area contributed by atoms with Crippen LogP contribution < -0.4 is 5.32 Å². The molecule has 40 heavy (non-hydrogen) atoms. The number of rotatable bonds is 5. The van der Waals surface area contributed by atoms with Gasteiger partial charge >= 0.3 is 0 Å². The Bertz CT molecular complexity index is 1880. The van der Waals surface area contributed by atoms with Gasteiger partial charge < -0.3 is 10.3 Å². The summed E-state index contributed by atoms with van der Waals surface area (Å²) in [4.78, 5) is 33.7. The molecule has 6 aromatic rings. The first kappa shape index (κ1) is 25.3. The van der Waals surface area contributed by atoms with Crippen LogP contribution in [-0.2, 0) is 4.79 Å². The SMILES string of the molecule is Cc1cc(F)cc(-c2ccnc3nc(-c4[nH]nc5ncc(-c6cncc(NC(=O)CC(C)(C)C)c6)cc45)[nH]c23)c1. The molecule has 0 aliphatic heterocycles. The lowest BCUT2D eigenvalue weighted by Gasteiger charge is -2.17. The maximum Gasteiger partial charge on any atom is 0.224 e. The fourth-order valence-electron chi connectivity index (χ4n) is 4.75. The van der Waals surface area contributed by atoms with E-state index < -0.39 is 0 Å². The number of benzene rings is 1. The van der Waals surface area contributed by atoms with Crippen molar-refractivity contribution in [1.82, 2.24) is 35.1 Å². The van der Waals surface area contributed by atoms with Crippen molar-refractivity contribution in [3.05, 3.63) is 72.6 Å². The molecule has 0 saturated carbocycles. The number of hydrogen-bond donors (Lipinski definition) is 3.